The molecule has 0 saturated heterocycles. The number of aromatic nitrogens is 4. The van der Waals surface area contributed by atoms with Crippen molar-refractivity contribution < 1.29 is 17.6 Å². The van der Waals surface area contributed by atoms with Crippen LogP contribution in [-0.4, -0.2) is 40.6 Å². The van der Waals surface area contributed by atoms with Gasteiger partial charge in [-0.15, -0.1) is 5.10 Å². The van der Waals surface area contributed by atoms with E-state index in [0.29, 0.717) is 12.1 Å². The van der Waals surface area contributed by atoms with Gasteiger partial charge in [0.15, 0.2) is 15.5 Å². The third-order valence-electron chi connectivity index (χ3n) is 3.37. The summed E-state index contributed by atoms with van der Waals surface area (Å²) < 4.78 is 29.9. The molecule has 1 N–H and O–H groups in total. The second kappa shape index (κ2) is 6.48. The van der Waals surface area contributed by atoms with Crippen LogP contribution < -0.4 is 5.32 Å². The lowest BCUT2D eigenvalue weighted by Crippen LogP contribution is -2.13. The normalized spacial score (nSPS) is 11.4. The maximum absolute atomic E-state index is 12.1. The molecule has 0 bridgehead atoms. The second-order valence-corrected chi connectivity index (χ2v) is 7.24. The van der Waals surface area contributed by atoms with Gasteiger partial charge in [0.25, 0.3) is 5.91 Å². The lowest BCUT2D eigenvalue weighted by molar-refractivity contribution is 0.101. The number of aryl methyl sites for hydroxylation is 1. The summed E-state index contributed by atoms with van der Waals surface area (Å²) in [4.78, 5) is 12.3. The van der Waals surface area contributed by atoms with E-state index >= 15 is 0 Å². The Labute approximate surface area is 143 Å². The van der Waals surface area contributed by atoms with Gasteiger partial charge in [0.1, 0.15) is 0 Å². The molecule has 0 radical (unpaired) electrons. The fourth-order valence-electron chi connectivity index (χ4n) is 2.06. The number of hydrogen-bond donors (Lipinski definition) is 1. The van der Waals surface area contributed by atoms with Crippen LogP contribution >= 0.6 is 0 Å². The molecular formula is C15H15N5O4S. The monoisotopic (exact) mass is 361 g/mol. The van der Waals surface area contributed by atoms with E-state index in [-0.39, 0.29) is 22.5 Å². The van der Waals surface area contributed by atoms with Crippen LogP contribution in [0.2, 0.25) is 0 Å². The summed E-state index contributed by atoms with van der Waals surface area (Å²) in [5.74, 6) is -0.302. The van der Waals surface area contributed by atoms with Gasteiger partial charge in [-0.25, -0.2) is 8.42 Å². The minimum atomic E-state index is -3.28. The largest absolute Gasteiger partial charge is 0.403 e. The molecule has 9 nitrogen and oxygen atoms in total. The molecule has 0 aliphatic heterocycles. The molecule has 0 saturated carbocycles. The molecule has 0 aliphatic carbocycles. The molecule has 25 heavy (non-hydrogen) atoms. The molecule has 1 amide bonds. The van der Waals surface area contributed by atoms with E-state index in [4.69, 9.17) is 4.42 Å². The molecule has 2 heterocycles. The second-order valence-electron chi connectivity index (χ2n) is 5.22. The predicted molar refractivity (Wildman–Crippen MR) is 88.7 cm³/mol. The Morgan fingerprint density at radius 3 is 2.52 bits per heavy atom. The van der Waals surface area contributed by atoms with E-state index in [9.17, 15) is 13.2 Å². The number of sulfone groups is 1. The van der Waals surface area contributed by atoms with Crippen molar-refractivity contribution in [1.29, 1.82) is 0 Å². The summed E-state index contributed by atoms with van der Waals surface area (Å²) in [5, 5.41) is 14.1. The van der Waals surface area contributed by atoms with Crippen molar-refractivity contribution in [3.8, 4) is 11.5 Å². The van der Waals surface area contributed by atoms with E-state index < -0.39 is 15.7 Å². The molecule has 3 rings (SSSR count). The molecule has 0 spiro atoms. The lowest BCUT2D eigenvalue weighted by Gasteiger charge is -1.99. The van der Waals surface area contributed by atoms with Gasteiger partial charge < -0.3 is 4.42 Å². The summed E-state index contributed by atoms with van der Waals surface area (Å²) in [6.45, 7) is 2.56. The van der Waals surface area contributed by atoms with Gasteiger partial charge in [-0.1, -0.05) is 5.10 Å². The van der Waals surface area contributed by atoms with Gasteiger partial charge in [0, 0.05) is 24.6 Å². The van der Waals surface area contributed by atoms with Crippen LogP contribution in [0.3, 0.4) is 0 Å². The van der Waals surface area contributed by atoms with E-state index in [1.165, 1.54) is 12.1 Å². The van der Waals surface area contributed by atoms with Gasteiger partial charge >= 0.3 is 6.01 Å². The molecule has 0 aliphatic rings. The zero-order valence-corrected chi connectivity index (χ0v) is 14.3. The molecule has 1 aromatic carbocycles. The Bertz CT molecular complexity index is 1000. The Morgan fingerprint density at radius 2 is 1.92 bits per heavy atom. The number of carbonyl (C=O) groups is 1. The molecule has 0 fully saturated rings. The molecule has 0 unspecified atom stereocenters. The fourth-order valence-corrected chi connectivity index (χ4v) is 2.69. The molecule has 130 valence electrons. The molecule has 2 aromatic heterocycles. The minimum Gasteiger partial charge on any atom is -0.403 e. The predicted octanol–water partition coefficient (Wildman–Crippen LogP) is 1.61. The van der Waals surface area contributed by atoms with Gasteiger partial charge in [-0.3, -0.25) is 14.8 Å². The van der Waals surface area contributed by atoms with Crippen LogP contribution in [0, 0.1) is 0 Å². The highest BCUT2D eigenvalue weighted by Gasteiger charge is 2.15. The first kappa shape index (κ1) is 16.8. The quantitative estimate of drug-likeness (QED) is 0.733. The lowest BCUT2D eigenvalue weighted by atomic mass is 10.2. The van der Waals surface area contributed by atoms with E-state index in [1.54, 1.807) is 29.1 Å². The van der Waals surface area contributed by atoms with E-state index in [1.807, 2.05) is 6.92 Å². The van der Waals surface area contributed by atoms with Gasteiger partial charge in [-0.05, 0) is 37.3 Å². The third-order valence-corrected chi connectivity index (χ3v) is 4.50. The number of rotatable bonds is 5. The highest BCUT2D eigenvalue weighted by Crippen LogP contribution is 2.21. The van der Waals surface area contributed by atoms with Crippen LogP contribution in [0.25, 0.3) is 11.5 Å². The van der Waals surface area contributed by atoms with Crippen molar-refractivity contribution in [3.05, 3.63) is 42.2 Å². The first-order chi connectivity index (χ1) is 11.9. The number of nitrogens with zero attached hydrogens (tertiary/aromatic N) is 4. The van der Waals surface area contributed by atoms with Crippen LogP contribution in [0.4, 0.5) is 6.01 Å². The summed E-state index contributed by atoms with van der Waals surface area (Å²) in [7, 11) is -3.28. The fraction of sp³-hybridized carbons (Fsp3) is 0.200. The maximum Gasteiger partial charge on any atom is 0.322 e. The summed E-state index contributed by atoms with van der Waals surface area (Å²) in [6, 6.07) is 7.52. The van der Waals surface area contributed by atoms with Gasteiger partial charge in [-0.2, -0.15) is 5.10 Å². The average molecular weight is 361 g/mol. The zero-order chi connectivity index (χ0) is 18.0. The SMILES string of the molecule is CCn1ccc(C(=O)Nc2nnc(-c3ccc(S(C)(=O)=O)cc3)o2)n1. The van der Waals surface area contributed by atoms with Crippen molar-refractivity contribution in [3.63, 3.8) is 0 Å². The highest BCUT2D eigenvalue weighted by molar-refractivity contribution is 7.90. The number of nitrogens with one attached hydrogen (secondary N) is 1. The number of benzene rings is 1. The molecule has 0 atom stereocenters. The van der Waals surface area contributed by atoms with Gasteiger partial charge in [0.05, 0.1) is 4.90 Å². The van der Waals surface area contributed by atoms with Gasteiger partial charge in [0.2, 0.25) is 5.89 Å². The number of hydrogen-bond acceptors (Lipinski definition) is 7. The van der Waals surface area contributed by atoms with Crippen molar-refractivity contribution in [2.24, 2.45) is 0 Å². The Balaban J connectivity index is 1.75. The maximum atomic E-state index is 12.1. The van der Waals surface area contributed by atoms with Crippen molar-refractivity contribution in [2.45, 2.75) is 18.4 Å². The molecule has 10 heteroatoms. The topological polar surface area (TPSA) is 120 Å². The summed E-state index contributed by atoms with van der Waals surface area (Å²) in [6.07, 6.45) is 2.82. The van der Waals surface area contributed by atoms with Crippen molar-refractivity contribution >= 4 is 21.8 Å². The Kier molecular flexibility index (Phi) is 4.36. The van der Waals surface area contributed by atoms with Crippen LogP contribution in [0.5, 0.6) is 0 Å². The van der Waals surface area contributed by atoms with Crippen LogP contribution in [0.1, 0.15) is 17.4 Å². The zero-order valence-electron chi connectivity index (χ0n) is 13.5. The third kappa shape index (κ3) is 3.74. The summed E-state index contributed by atoms with van der Waals surface area (Å²) in [5.41, 5.74) is 0.773. The van der Waals surface area contributed by atoms with Crippen molar-refractivity contribution in [1.82, 2.24) is 20.0 Å². The number of amides is 1. The van der Waals surface area contributed by atoms with Crippen LogP contribution in [-0.2, 0) is 16.4 Å². The van der Waals surface area contributed by atoms with Crippen molar-refractivity contribution in [2.75, 3.05) is 11.6 Å². The smallest absolute Gasteiger partial charge is 0.322 e. The van der Waals surface area contributed by atoms with E-state index in [2.05, 4.69) is 20.6 Å². The van der Waals surface area contributed by atoms with E-state index in [0.717, 1.165) is 6.26 Å². The number of anilines is 1. The first-order valence-corrected chi connectivity index (χ1v) is 9.25. The molecule has 3 aromatic rings. The number of carbonyl (C=O) groups excluding carboxylic acids is 1. The minimum absolute atomic E-state index is 0.0711. The first-order valence-electron chi connectivity index (χ1n) is 7.35. The molecular weight excluding hydrogens is 346 g/mol. The Hall–Kier alpha value is -3.01. The summed E-state index contributed by atoms with van der Waals surface area (Å²) >= 11 is 0. The average Bonchev–Trinajstić information content (AvgIpc) is 3.23. The standard InChI is InChI=1S/C15H15N5O4S/c1-3-20-9-8-12(19-20)13(21)16-15-18-17-14(24-15)10-4-6-11(7-5-10)25(2,22)23/h4-9H,3H2,1-2H3,(H,16,18,21). The van der Waals surface area contributed by atoms with Crippen LogP contribution in [0.15, 0.2) is 45.8 Å². The highest BCUT2D eigenvalue weighted by atomic mass is 32.2. The Morgan fingerprint density at radius 1 is 1.20 bits per heavy atom.